The van der Waals surface area contributed by atoms with Crippen LogP contribution in [0.15, 0.2) is 24.3 Å². The molecule has 100 valence electrons. The lowest BCUT2D eigenvalue weighted by Crippen LogP contribution is -2.40. The van der Waals surface area contributed by atoms with Gasteiger partial charge in [0.05, 0.1) is 6.10 Å². The Morgan fingerprint density at radius 2 is 2.00 bits per heavy atom. The summed E-state index contributed by atoms with van der Waals surface area (Å²) in [4.78, 5) is 2.42. The molecule has 1 aromatic carbocycles. The van der Waals surface area contributed by atoms with E-state index in [0.717, 1.165) is 25.1 Å². The molecule has 0 bridgehead atoms. The topological polar surface area (TPSA) is 23.5 Å². The molecule has 2 unspecified atom stereocenters. The molecule has 0 radical (unpaired) electrons. The van der Waals surface area contributed by atoms with Gasteiger partial charge in [0.2, 0.25) is 0 Å². The molecule has 1 heterocycles. The van der Waals surface area contributed by atoms with Gasteiger partial charge in [0.25, 0.3) is 0 Å². The first-order valence-corrected chi connectivity index (χ1v) is 7.21. The third-order valence-electron chi connectivity index (χ3n) is 4.12. The molecule has 0 spiro atoms. The molecule has 1 aliphatic heterocycles. The van der Waals surface area contributed by atoms with E-state index in [1.165, 1.54) is 24.8 Å². The molecule has 1 aromatic rings. The van der Waals surface area contributed by atoms with Crippen molar-refractivity contribution in [3.05, 3.63) is 35.4 Å². The summed E-state index contributed by atoms with van der Waals surface area (Å²) >= 11 is 0. The van der Waals surface area contributed by atoms with Crippen molar-refractivity contribution >= 4 is 0 Å². The van der Waals surface area contributed by atoms with Gasteiger partial charge in [0.1, 0.15) is 0 Å². The number of benzene rings is 1. The van der Waals surface area contributed by atoms with Crippen LogP contribution < -0.4 is 0 Å². The number of likely N-dealkylation sites (tertiary alicyclic amines) is 1. The summed E-state index contributed by atoms with van der Waals surface area (Å²) in [7, 11) is 0. The molecule has 0 aliphatic carbocycles. The Hall–Kier alpha value is -0.860. The molecule has 0 amide bonds. The second-order valence-corrected chi connectivity index (χ2v) is 5.45. The normalized spacial score (nSPS) is 22.9. The molecule has 1 aliphatic rings. The number of piperidine rings is 1. The maximum absolute atomic E-state index is 10.3. The molecular weight excluding hydrogens is 222 g/mol. The average Bonchev–Trinajstić information content (AvgIpc) is 2.41. The first kappa shape index (κ1) is 13.6. The highest BCUT2D eigenvalue weighted by molar-refractivity contribution is 5.24. The highest BCUT2D eigenvalue weighted by Gasteiger charge is 2.21. The molecule has 0 aromatic heterocycles. The Morgan fingerprint density at radius 1 is 1.28 bits per heavy atom. The average molecular weight is 247 g/mol. The van der Waals surface area contributed by atoms with Crippen LogP contribution in [-0.4, -0.2) is 29.1 Å². The van der Waals surface area contributed by atoms with Crippen molar-refractivity contribution in [3.8, 4) is 0 Å². The zero-order chi connectivity index (χ0) is 13.0. The maximum atomic E-state index is 10.3. The predicted molar refractivity (Wildman–Crippen MR) is 75.7 cm³/mol. The number of hydrogen-bond acceptors (Lipinski definition) is 2. The highest BCUT2D eigenvalue weighted by atomic mass is 16.3. The van der Waals surface area contributed by atoms with Crippen LogP contribution in [0.5, 0.6) is 0 Å². The zero-order valence-corrected chi connectivity index (χ0v) is 11.6. The summed E-state index contributed by atoms with van der Waals surface area (Å²) < 4.78 is 0. The van der Waals surface area contributed by atoms with Gasteiger partial charge >= 0.3 is 0 Å². The van der Waals surface area contributed by atoms with Gasteiger partial charge in [-0.05, 0) is 43.9 Å². The largest absolute Gasteiger partial charge is 0.387 e. The lowest BCUT2D eigenvalue weighted by atomic mass is 10.0. The Labute approximate surface area is 111 Å². The summed E-state index contributed by atoms with van der Waals surface area (Å²) in [5.74, 6) is 0. The van der Waals surface area contributed by atoms with E-state index in [-0.39, 0.29) is 6.10 Å². The first-order chi connectivity index (χ1) is 8.70. The smallest absolute Gasteiger partial charge is 0.0917 e. The highest BCUT2D eigenvalue weighted by Crippen LogP contribution is 2.21. The van der Waals surface area contributed by atoms with Crippen molar-refractivity contribution in [1.82, 2.24) is 4.90 Å². The van der Waals surface area contributed by atoms with E-state index >= 15 is 0 Å². The lowest BCUT2D eigenvalue weighted by molar-refractivity contribution is 0.0732. The number of aliphatic hydroxyl groups excluding tert-OH is 1. The number of rotatable bonds is 4. The summed E-state index contributed by atoms with van der Waals surface area (Å²) in [6.45, 7) is 6.32. The molecule has 2 heteroatoms. The minimum absolute atomic E-state index is 0.351. The van der Waals surface area contributed by atoms with Gasteiger partial charge in [-0.25, -0.2) is 0 Å². The lowest BCUT2D eigenvalue weighted by Gasteiger charge is -2.34. The predicted octanol–water partition coefficient (Wildman–Crippen LogP) is 3.16. The standard InChI is InChI=1S/C16H25NO/c1-3-14-7-9-15(10-8-14)16(18)12-17-11-5-4-6-13(17)2/h7-10,13,16,18H,3-6,11-12H2,1-2H3. The van der Waals surface area contributed by atoms with Crippen LogP contribution in [0.25, 0.3) is 0 Å². The minimum atomic E-state index is -0.351. The minimum Gasteiger partial charge on any atom is -0.387 e. The first-order valence-electron chi connectivity index (χ1n) is 7.21. The Kier molecular flexibility index (Phi) is 4.79. The summed E-state index contributed by atoms with van der Waals surface area (Å²) in [6.07, 6.45) is 4.57. The van der Waals surface area contributed by atoms with Crippen LogP contribution in [0.3, 0.4) is 0 Å². The van der Waals surface area contributed by atoms with E-state index in [9.17, 15) is 5.11 Å². The van der Waals surface area contributed by atoms with E-state index in [1.807, 2.05) is 0 Å². The van der Waals surface area contributed by atoms with Crippen LogP contribution in [0, 0.1) is 0 Å². The fraction of sp³-hybridized carbons (Fsp3) is 0.625. The van der Waals surface area contributed by atoms with Crippen molar-refractivity contribution in [2.24, 2.45) is 0 Å². The van der Waals surface area contributed by atoms with E-state index < -0.39 is 0 Å². The van der Waals surface area contributed by atoms with E-state index in [0.29, 0.717) is 6.04 Å². The fourth-order valence-electron chi connectivity index (χ4n) is 2.73. The number of aryl methyl sites for hydroxylation is 1. The molecule has 2 rings (SSSR count). The molecule has 18 heavy (non-hydrogen) atoms. The number of hydrogen-bond donors (Lipinski definition) is 1. The number of aliphatic hydroxyl groups is 1. The van der Waals surface area contributed by atoms with Gasteiger partial charge in [-0.1, -0.05) is 37.6 Å². The van der Waals surface area contributed by atoms with Crippen molar-refractivity contribution in [1.29, 1.82) is 0 Å². The fourth-order valence-corrected chi connectivity index (χ4v) is 2.73. The van der Waals surface area contributed by atoms with Crippen LogP contribution in [-0.2, 0) is 6.42 Å². The van der Waals surface area contributed by atoms with E-state index in [1.54, 1.807) is 0 Å². The monoisotopic (exact) mass is 247 g/mol. The molecule has 1 saturated heterocycles. The number of nitrogens with zero attached hydrogens (tertiary/aromatic N) is 1. The zero-order valence-electron chi connectivity index (χ0n) is 11.6. The van der Waals surface area contributed by atoms with Gasteiger partial charge in [0.15, 0.2) is 0 Å². The Morgan fingerprint density at radius 3 is 2.61 bits per heavy atom. The van der Waals surface area contributed by atoms with Gasteiger partial charge in [-0.2, -0.15) is 0 Å². The molecule has 1 N–H and O–H groups in total. The van der Waals surface area contributed by atoms with Crippen LogP contribution in [0.4, 0.5) is 0 Å². The second-order valence-electron chi connectivity index (χ2n) is 5.45. The summed E-state index contributed by atoms with van der Waals surface area (Å²) in [6, 6.07) is 9.00. The molecule has 2 nitrogen and oxygen atoms in total. The third kappa shape index (κ3) is 3.33. The van der Waals surface area contributed by atoms with E-state index in [2.05, 4.69) is 43.0 Å². The van der Waals surface area contributed by atoms with Crippen LogP contribution in [0.2, 0.25) is 0 Å². The SMILES string of the molecule is CCc1ccc(C(O)CN2CCCCC2C)cc1. The quantitative estimate of drug-likeness (QED) is 0.883. The summed E-state index contributed by atoms with van der Waals surface area (Å²) in [5.41, 5.74) is 2.38. The van der Waals surface area contributed by atoms with Gasteiger partial charge in [-0.15, -0.1) is 0 Å². The van der Waals surface area contributed by atoms with E-state index in [4.69, 9.17) is 0 Å². The Bertz CT molecular complexity index is 360. The molecule has 2 atom stereocenters. The van der Waals surface area contributed by atoms with Gasteiger partial charge in [0, 0.05) is 12.6 Å². The van der Waals surface area contributed by atoms with Crippen LogP contribution in [0.1, 0.15) is 50.3 Å². The third-order valence-corrected chi connectivity index (χ3v) is 4.12. The van der Waals surface area contributed by atoms with Crippen molar-refractivity contribution in [2.45, 2.75) is 51.7 Å². The van der Waals surface area contributed by atoms with Crippen molar-refractivity contribution in [3.63, 3.8) is 0 Å². The summed E-state index contributed by atoms with van der Waals surface area (Å²) in [5, 5.41) is 10.3. The van der Waals surface area contributed by atoms with Crippen LogP contribution >= 0.6 is 0 Å². The Balaban J connectivity index is 1.95. The molecule has 0 saturated carbocycles. The molecular formula is C16H25NO. The van der Waals surface area contributed by atoms with Crippen molar-refractivity contribution < 1.29 is 5.11 Å². The van der Waals surface area contributed by atoms with Gasteiger partial charge < -0.3 is 5.11 Å². The second kappa shape index (κ2) is 6.35. The van der Waals surface area contributed by atoms with Gasteiger partial charge in [-0.3, -0.25) is 4.90 Å². The molecule has 1 fully saturated rings. The maximum Gasteiger partial charge on any atom is 0.0917 e. The number of β-amino-alcohol motifs (C(OH)–C–C–N with tert-alkyl or cyclic N) is 1. The van der Waals surface area contributed by atoms with Crippen molar-refractivity contribution in [2.75, 3.05) is 13.1 Å².